The third kappa shape index (κ3) is 2.74. The van der Waals surface area contributed by atoms with Crippen molar-refractivity contribution in [3.05, 3.63) is 35.1 Å². The lowest BCUT2D eigenvalue weighted by atomic mass is 10.2. The zero-order valence-electron chi connectivity index (χ0n) is 7.61. The Bertz CT molecular complexity index is 434. The van der Waals surface area contributed by atoms with Crippen LogP contribution in [0.15, 0.2) is 12.1 Å². The number of methoxy groups -OCH3 is 1. The lowest BCUT2D eigenvalue weighted by Gasteiger charge is -1.96. The van der Waals surface area contributed by atoms with Crippen LogP contribution in [0, 0.1) is 29.3 Å². The highest BCUT2D eigenvalue weighted by atomic mass is 19.1. The summed E-state index contributed by atoms with van der Waals surface area (Å²) in [5, 5.41) is 0. The molecule has 0 aromatic heterocycles. The third-order valence-corrected chi connectivity index (χ3v) is 1.48. The Kier molecular flexibility index (Phi) is 3.34. The molecule has 0 amide bonds. The van der Waals surface area contributed by atoms with Crippen molar-refractivity contribution in [1.82, 2.24) is 0 Å². The minimum absolute atomic E-state index is 0.477. The van der Waals surface area contributed by atoms with E-state index in [4.69, 9.17) is 0 Å². The zero-order chi connectivity index (χ0) is 11.4. The van der Waals surface area contributed by atoms with Crippen LogP contribution in [0.1, 0.15) is 5.56 Å². The molecule has 0 N–H and O–H groups in total. The second kappa shape index (κ2) is 4.51. The summed E-state index contributed by atoms with van der Waals surface area (Å²) in [4.78, 5) is 10.6. The van der Waals surface area contributed by atoms with Gasteiger partial charge in [-0.25, -0.2) is 18.0 Å². The Morgan fingerprint density at radius 1 is 1.27 bits per heavy atom. The van der Waals surface area contributed by atoms with Gasteiger partial charge < -0.3 is 4.74 Å². The summed E-state index contributed by atoms with van der Waals surface area (Å²) in [6.45, 7) is 0. The van der Waals surface area contributed by atoms with Crippen molar-refractivity contribution >= 4 is 5.97 Å². The summed E-state index contributed by atoms with van der Waals surface area (Å²) in [5.74, 6) is -0.552. The lowest BCUT2D eigenvalue weighted by Crippen LogP contribution is -1.97. The molecular formula is C10H5F3O2. The predicted octanol–water partition coefficient (Wildman–Crippen LogP) is 1.63. The molecule has 0 aliphatic carbocycles. The molecule has 5 heteroatoms. The fraction of sp³-hybridized carbons (Fsp3) is 0.100. The van der Waals surface area contributed by atoms with Gasteiger partial charge in [-0.15, -0.1) is 0 Å². The maximum Gasteiger partial charge on any atom is 0.384 e. The van der Waals surface area contributed by atoms with E-state index in [1.165, 1.54) is 0 Å². The molecule has 0 aliphatic rings. The summed E-state index contributed by atoms with van der Waals surface area (Å²) >= 11 is 0. The molecule has 1 aromatic rings. The van der Waals surface area contributed by atoms with Crippen LogP contribution in [0.2, 0.25) is 0 Å². The van der Waals surface area contributed by atoms with E-state index in [-0.39, 0.29) is 0 Å². The van der Waals surface area contributed by atoms with E-state index in [1.54, 1.807) is 0 Å². The highest BCUT2D eigenvalue weighted by molar-refractivity contribution is 5.89. The van der Waals surface area contributed by atoms with Gasteiger partial charge in [0.1, 0.15) is 17.5 Å². The van der Waals surface area contributed by atoms with Crippen molar-refractivity contribution in [2.24, 2.45) is 0 Å². The van der Waals surface area contributed by atoms with Gasteiger partial charge >= 0.3 is 5.97 Å². The molecule has 0 aliphatic heterocycles. The Labute approximate surface area is 83.7 Å². The summed E-state index contributed by atoms with van der Waals surface area (Å²) in [6, 6.07) is 0.953. The Morgan fingerprint density at radius 2 is 1.80 bits per heavy atom. The van der Waals surface area contributed by atoms with E-state index in [0.717, 1.165) is 7.11 Å². The normalized spacial score (nSPS) is 9.07. The molecule has 0 saturated heterocycles. The molecule has 0 saturated carbocycles. The highest BCUT2D eigenvalue weighted by Gasteiger charge is 2.09. The average molecular weight is 214 g/mol. The summed E-state index contributed by atoms with van der Waals surface area (Å²) in [5.41, 5.74) is -0.665. The van der Waals surface area contributed by atoms with Crippen molar-refractivity contribution in [1.29, 1.82) is 0 Å². The number of benzene rings is 1. The van der Waals surface area contributed by atoms with Crippen LogP contribution in [-0.4, -0.2) is 13.1 Å². The number of hydrogen-bond acceptors (Lipinski definition) is 2. The molecule has 0 atom stereocenters. The van der Waals surface area contributed by atoms with Crippen LogP contribution in [0.5, 0.6) is 0 Å². The van der Waals surface area contributed by atoms with E-state index in [9.17, 15) is 18.0 Å². The quantitative estimate of drug-likeness (QED) is 0.484. The van der Waals surface area contributed by atoms with E-state index in [0.29, 0.717) is 12.1 Å². The van der Waals surface area contributed by atoms with Crippen molar-refractivity contribution in [3.8, 4) is 11.8 Å². The molecule has 0 unspecified atom stereocenters. The fourth-order valence-corrected chi connectivity index (χ4v) is 0.826. The SMILES string of the molecule is COC(=O)C#Cc1c(F)cc(F)cc1F. The number of halogens is 3. The van der Waals surface area contributed by atoms with Crippen molar-refractivity contribution in [2.45, 2.75) is 0 Å². The maximum absolute atomic E-state index is 12.9. The molecule has 0 heterocycles. The standard InChI is InChI=1S/C10H5F3O2/c1-15-10(14)3-2-7-8(12)4-6(11)5-9(7)13/h4-5H,1H3. The largest absolute Gasteiger partial charge is 0.459 e. The topological polar surface area (TPSA) is 26.3 Å². The number of rotatable bonds is 0. The van der Waals surface area contributed by atoms with Gasteiger partial charge in [-0.05, 0) is 5.92 Å². The van der Waals surface area contributed by atoms with Crippen molar-refractivity contribution < 1.29 is 22.7 Å². The molecule has 78 valence electrons. The van der Waals surface area contributed by atoms with Gasteiger partial charge in [-0.3, -0.25) is 0 Å². The van der Waals surface area contributed by atoms with Crippen LogP contribution in [0.25, 0.3) is 0 Å². The molecule has 2 nitrogen and oxygen atoms in total. The first-order chi connectivity index (χ1) is 7.04. The Hall–Kier alpha value is -1.96. The fourth-order valence-electron chi connectivity index (χ4n) is 0.826. The van der Waals surface area contributed by atoms with E-state index in [1.807, 2.05) is 11.8 Å². The van der Waals surface area contributed by atoms with Gasteiger partial charge in [0.2, 0.25) is 0 Å². The second-order valence-corrected chi connectivity index (χ2v) is 2.49. The number of carbonyl (C=O) groups excluding carboxylic acids is 1. The zero-order valence-corrected chi connectivity index (χ0v) is 7.61. The number of carbonyl (C=O) groups is 1. The first-order valence-corrected chi connectivity index (χ1v) is 3.79. The number of hydrogen-bond donors (Lipinski definition) is 0. The van der Waals surface area contributed by atoms with Crippen LogP contribution in [0.3, 0.4) is 0 Å². The molecule has 0 radical (unpaired) electrons. The van der Waals surface area contributed by atoms with Gasteiger partial charge in [0.25, 0.3) is 0 Å². The molecule has 1 aromatic carbocycles. The number of esters is 1. The van der Waals surface area contributed by atoms with Crippen LogP contribution in [0.4, 0.5) is 13.2 Å². The summed E-state index contributed by atoms with van der Waals surface area (Å²) in [6.07, 6.45) is 0. The molecular weight excluding hydrogens is 209 g/mol. The van der Waals surface area contributed by atoms with Gasteiger partial charge in [0.15, 0.2) is 0 Å². The van der Waals surface area contributed by atoms with Gasteiger partial charge in [0.05, 0.1) is 12.7 Å². The molecule has 0 spiro atoms. The second-order valence-electron chi connectivity index (χ2n) is 2.49. The summed E-state index contributed by atoms with van der Waals surface area (Å²) < 4.78 is 42.5. The number of ether oxygens (including phenoxy) is 1. The first-order valence-electron chi connectivity index (χ1n) is 3.79. The third-order valence-electron chi connectivity index (χ3n) is 1.48. The molecule has 15 heavy (non-hydrogen) atoms. The Morgan fingerprint density at radius 3 is 2.27 bits per heavy atom. The lowest BCUT2D eigenvalue weighted by molar-refractivity contribution is -0.133. The molecule has 1 rings (SSSR count). The Balaban J connectivity index is 3.14. The van der Waals surface area contributed by atoms with Gasteiger partial charge in [-0.1, -0.05) is 0 Å². The van der Waals surface area contributed by atoms with Crippen molar-refractivity contribution in [3.63, 3.8) is 0 Å². The van der Waals surface area contributed by atoms with Gasteiger partial charge in [0, 0.05) is 18.1 Å². The van der Waals surface area contributed by atoms with Gasteiger partial charge in [-0.2, -0.15) is 0 Å². The molecule has 0 bridgehead atoms. The first kappa shape index (κ1) is 11.1. The van der Waals surface area contributed by atoms with Crippen LogP contribution in [-0.2, 0) is 9.53 Å². The monoisotopic (exact) mass is 214 g/mol. The van der Waals surface area contributed by atoms with Crippen LogP contribution < -0.4 is 0 Å². The molecule has 0 fully saturated rings. The van der Waals surface area contributed by atoms with E-state index < -0.39 is 29.0 Å². The minimum atomic E-state index is -1.16. The van der Waals surface area contributed by atoms with E-state index in [2.05, 4.69) is 4.74 Å². The summed E-state index contributed by atoms with van der Waals surface area (Å²) in [7, 11) is 1.08. The predicted molar refractivity (Wildman–Crippen MR) is 45.2 cm³/mol. The minimum Gasteiger partial charge on any atom is -0.459 e. The highest BCUT2D eigenvalue weighted by Crippen LogP contribution is 2.13. The average Bonchev–Trinajstić information content (AvgIpc) is 2.15. The van der Waals surface area contributed by atoms with Crippen molar-refractivity contribution in [2.75, 3.05) is 7.11 Å². The van der Waals surface area contributed by atoms with E-state index >= 15 is 0 Å². The van der Waals surface area contributed by atoms with Crippen LogP contribution >= 0.6 is 0 Å². The maximum atomic E-state index is 12.9. The smallest absolute Gasteiger partial charge is 0.384 e.